The first-order valence-corrected chi connectivity index (χ1v) is 7.91. The first-order chi connectivity index (χ1) is 11.1. The van der Waals surface area contributed by atoms with Crippen molar-refractivity contribution in [2.24, 2.45) is 0 Å². The summed E-state index contributed by atoms with van der Waals surface area (Å²) in [6, 6.07) is 18.9. The van der Waals surface area contributed by atoms with Gasteiger partial charge in [-0.1, -0.05) is 36.4 Å². The highest BCUT2D eigenvalue weighted by atomic mass is 15.0. The van der Waals surface area contributed by atoms with Crippen LogP contribution in [0.1, 0.15) is 29.4 Å². The van der Waals surface area contributed by atoms with Crippen molar-refractivity contribution >= 4 is 22.4 Å². The number of aromatic nitrogens is 1. The standard InChI is InChI=1S/C21H20N2/c1-4-23-15(2)11-20(16(23)3)13-21(14-22)19-10-9-17-7-5-6-8-18(17)12-19/h5-13H,4H2,1-3H3/b21-13-. The van der Waals surface area contributed by atoms with Crippen LogP contribution in [0.25, 0.3) is 22.4 Å². The third-order valence-electron chi connectivity index (χ3n) is 4.41. The SMILES string of the molecule is CCn1c(C)cc(/C=C(/C#N)c2ccc3ccccc3c2)c1C. The Morgan fingerprint density at radius 2 is 1.83 bits per heavy atom. The van der Waals surface area contributed by atoms with Crippen LogP contribution in [0.4, 0.5) is 0 Å². The molecular formula is C21H20N2. The average Bonchev–Trinajstić information content (AvgIpc) is 2.85. The molecule has 3 aromatic rings. The molecule has 1 aromatic heterocycles. The Kier molecular flexibility index (Phi) is 4.04. The van der Waals surface area contributed by atoms with Gasteiger partial charge in [0.25, 0.3) is 0 Å². The van der Waals surface area contributed by atoms with Gasteiger partial charge in [0.2, 0.25) is 0 Å². The number of hydrogen-bond donors (Lipinski definition) is 0. The molecule has 3 rings (SSSR count). The van der Waals surface area contributed by atoms with Crippen LogP contribution >= 0.6 is 0 Å². The van der Waals surface area contributed by atoms with Gasteiger partial charge in [-0.15, -0.1) is 0 Å². The lowest BCUT2D eigenvalue weighted by atomic mass is 10.0. The van der Waals surface area contributed by atoms with Gasteiger partial charge in [-0.05, 0) is 60.9 Å². The summed E-state index contributed by atoms with van der Waals surface area (Å²) in [5.74, 6) is 0. The number of nitriles is 1. The van der Waals surface area contributed by atoms with E-state index in [-0.39, 0.29) is 0 Å². The van der Waals surface area contributed by atoms with Gasteiger partial charge < -0.3 is 4.57 Å². The molecule has 0 N–H and O–H groups in total. The zero-order valence-corrected chi connectivity index (χ0v) is 13.8. The lowest BCUT2D eigenvalue weighted by Gasteiger charge is -2.05. The van der Waals surface area contributed by atoms with Gasteiger partial charge in [-0.2, -0.15) is 5.26 Å². The monoisotopic (exact) mass is 300 g/mol. The number of nitrogens with zero attached hydrogens (tertiary/aromatic N) is 2. The van der Waals surface area contributed by atoms with Gasteiger partial charge in [0.1, 0.15) is 0 Å². The highest BCUT2D eigenvalue weighted by Crippen LogP contribution is 2.25. The van der Waals surface area contributed by atoms with Crippen LogP contribution in [0.3, 0.4) is 0 Å². The Labute approximate surface area is 137 Å². The molecule has 0 saturated carbocycles. The molecule has 0 aliphatic rings. The van der Waals surface area contributed by atoms with Gasteiger partial charge in [0, 0.05) is 17.9 Å². The van der Waals surface area contributed by atoms with E-state index in [2.05, 4.69) is 61.7 Å². The van der Waals surface area contributed by atoms with Gasteiger partial charge in [-0.3, -0.25) is 0 Å². The fraction of sp³-hybridized carbons (Fsp3) is 0.190. The van der Waals surface area contributed by atoms with Crippen molar-refractivity contribution in [3.8, 4) is 6.07 Å². The van der Waals surface area contributed by atoms with Crippen molar-refractivity contribution < 1.29 is 0 Å². The molecule has 0 aliphatic carbocycles. The second-order valence-electron chi connectivity index (χ2n) is 5.80. The maximum atomic E-state index is 9.61. The smallest absolute Gasteiger partial charge is 0.0998 e. The lowest BCUT2D eigenvalue weighted by molar-refractivity contribution is 0.718. The molecule has 2 heteroatoms. The minimum absolute atomic E-state index is 0.701. The van der Waals surface area contributed by atoms with E-state index in [4.69, 9.17) is 0 Å². The van der Waals surface area contributed by atoms with Crippen LogP contribution in [0.15, 0.2) is 48.5 Å². The molecule has 1 heterocycles. The predicted molar refractivity (Wildman–Crippen MR) is 97.0 cm³/mol. The third kappa shape index (κ3) is 2.78. The van der Waals surface area contributed by atoms with Crippen LogP contribution in [0, 0.1) is 25.2 Å². The topological polar surface area (TPSA) is 28.7 Å². The molecule has 0 unspecified atom stereocenters. The summed E-state index contributed by atoms with van der Waals surface area (Å²) in [6.45, 7) is 7.30. The van der Waals surface area contributed by atoms with E-state index in [0.29, 0.717) is 5.57 Å². The van der Waals surface area contributed by atoms with E-state index in [9.17, 15) is 5.26 Å². The third-order valence-corrected chi connectivity index (χ3v) is 4.41. The molecule has 0 atom stereocenters. The number of benzene rings is 2. The van der Waals surface area contributed by atoms with Crippen LogP contribution in [0.2, 0.25) is 0 Å². The molecule has 23 heavy (non-hydrogen) atoms. The summed E-state index contributed by atoms with van der Waals surface area (Å²) in [5.41, 5.74) is 5.22. The molecule has 0 fully saturated rings. The molecule has 0 spiro atoms. The molecule has 0 saturated heterocycles. The summed E-state index contributed by atoms with van der Waals surface area (Å²) >= 11 is 0. The number of allylic oxidation sites excluding steroid dienone is 1. The molecule has 0 aliphatic heterocycles. The van der Waals surface area contributed by atoms with Crippen LogP contribution in [-0.2, 0) is 6.54 Å². The lowest BCUT2D eigenvalue weighted by Crippen LogP contribution is -1.98. The van der Waals surface area contributed by atoms with E-state index in [1.54, 1.807) is 0 Å². The molecule has 0 bridgehead atoms. The van der Waals surface area contributed by atoms with E-state index in [1.165, 1.54) is 16.8 Å². The molecule has 114 valence electrons. The minimum Gasteiger partial charge on any atom is -0.349 e. The molecule has 2 aromatic carbocycles. The number of aryl methyl sites for hydroxylation is 1. The van der Waals surface area contributed by atoms with Crippen LogP contribution < -0.4 is 0 Å². The van der Waals surface area contributed by atoms with Crippen LogP contribution in [0.5, 0.6) is 0 Å². The number of rotatable bonds is 3. The molecule has 2 nitrogen and oxygen atoms in total. The van der Waals surface area contributed by atoms with Gasteiger partial charge >= 0.3 is 0 Å². The fourth-order valence-corrected chi connectivity index (χ4v) is 3.15. The van der Waals surface area contributed by atoms with Crippen LogP contribution in [-0.4, -0.2) is 4.57 Å². The quantitative estimate of drug-likeness (QED) is 0.600. The average molecular weight is 300 g/mol. The zero-order valence-electron chi connectivity index (χ0n) is 13.8. The highest BCUT2D eigenvalue weighted by Gasteiger charge is 2.08. The fourth-order valence-electron chi connectivity index (χ4n) is 3.15. The molecule has 0 radical (unpaired) electrons. The predicted octanol–water partition coefficient (Wildman–Crippen LogP) is 5.34. The number of hydrogen-bond acceptors (Lipinski definition) is 1. The van der Waals surface area contributed by atoms with Gasteiger partial charge in [0.15, 0.2) is 0 Å². The first-order valence-electron chi connectivity index (χ1n) is 7.91. The van der Waals surface area contributed by atoms with Crippen molar-refractivity contribution in [1.29, 1.82) is 5.26 Å². The number of fused-ring (bicyclic) bond motifs is 1. The first kappa shape index (κ1) is 15.1. The molecular weight excluding hydrogens is 280 g/mol. The largest absolute Gasteiger partial charge is 0.349 e. The maximum Gasteiger partial charge on any atom is 0.0998 e. The van der Waals surface area contributed by atoms with E-state index in [1.807, 2.05) is 24.3 Å². The second kappa shape index (κ2) is 6.14. The molecule has 0 amide bonds. The summed E-state index contributed by atoms with van der Waals surface area (Å²) in [5, 5.41) is 12.0. The normalized spacial score (nSPS) is 11.7. The Hall–Kier alpha value is -2.79. The zero-order chi connectivity index (χ0) is 16.4. The van der Waals surface area contributed by atoms with Crippen molar-refractivity contribution in [2.75, 3.05) is 0 Å². The van der Waals surface area contributed by atoms with E-state index in [0.717, 1.165) is 23.1 Å². The summed E-state index contributed by atoms with van der Waals surface area (Å²) in [4.78, 5) is 0. The Bertz CT molecular complexity index is 936. The Morgan fingerprint density at radius 1 is 1.09 bits per heavy atom. The van der Waals surface area contributed by atoms with Crippen molar-refractivity contribution in [1.82, 2.24) is 4.57 Å². The Balaban J connectivity index is 2.09. The summed E-state index contributed by atoms with van der Waals surface area (Å²) in [6.07, 6.45) is 2.00. The van der Waals surface area contributed by atoms with Gasteiger partial charge in [0.05, 0.1) is 11.6 Å². The van der Waals surface area contributed by atoms with Gasteiger partial charge in [-0.25, -0.2) is 0 Å². The van der Waals surface area contributed by atoms with Crippen molar-refractivity contribution in [3.05, 3.63) is 71.0 Å². The van der Waals surface area contributed by atoms with E-state index >= 15 is 0 Å². The minimum atomic E-state index is 0.701. The van der Waals surface area contributed by atoms with Crippen molar-refractivity contribution in [3.63, 3.8) is 0 Å². The van der Waals surface area contributed by atoms with Crippen molar-refractivity contribution in [2.45, 2.75) is 27.3 Å². The summed E-state index contributed by atoms with van der Waals surface area (Å²) < 4.78 is 2.27. The maximum absolute atomic E-state index is 9.61. The van der Waals surface area contributed by atoms with E-state index < -0.39 is 0 Å². The Morgan fingerprint density at radius 3 is 2.48 bits per heavy atom. The summed E-state index contributed by atoms with van der Waals surface area (Å²) in [7, 11) is 0. The highest BCUT2D eigenvalue weighted by molar-refractivity contribution is 5.94. The second-order valence-corrected chi connectivity index (χ2v) is 5.80.